The van der Waals surface area contributed by atoms with E-state index in [0.717, 1.165) is 11.4 Å². The van der Waals surface area contributed by atoms with E-state index in [2.05, 4.69) is 5.10 Å². The Morgan fingerprint density at radius 3 is 2.55 bits per heavy atom. The number of hydrogen-bond donors (Lipinski definition) is 1. The highest BCUT2D eigenvalue weighted by Crippen LogP contribution is 2.15. The third-order valence-corrected chi connectivity index (χ3v) is 3.26. The van der Waals surface area contributed by atoms with E-state index in [9.17, 15) is 9.59 Å². The van der Waals surface area contributed by atoms with E-state index in [0.29, 0.717) is 13.0 Å². The molecule has 1 atom stereocenters. The van der Waals surface area contributed by atoms with Gasteiger partial charge in [-0.15, -0.1) is 0 Å². The van der Waals surface area contributed by atoms with E-state index >= 15 is 0 Å². The van der Waals surface area contributed by atoms with Gasteiger partial charge in [-0.3, -0.25) is 14.3 Å². The molecule has 1 amide bonds. The average molecular weight is 281 g/mol. The van der Waals surface area contributed by atoms with Crippen LogP contribution < -0.4 is 0 Å². The summed E-state index contributed by atoms with van der Waals surface area (Å²) in [6, 6.07) is 1.94. The second-order valence-electron chi connectivity index (χ2n) is 5.04. The van der Waals surface area contributed by atoms with Gasteiger partial charge in [0.25, 0.3) is 0 Å². The number of carbonyl (C=O) groups is 2. The third-order valence-electron chi connectivity index (χ3n) is 3.26. The number of rotatable bonds is 7. The predicted octanol–water partition coefficient (Wildman–Crippen LogP) is 1.77. The van der Waals surface area contributed by atoms with Crippen molar-refractivity contribution in [2.24, 2.45) is 0 Å². The van der Waals surface area contributed by atoms with Crippen LogP contribution in [0.25, 0.3) is 0 Å². The summed E-state index contributed by atoms with van der Waals surface area (Å²) in [5, 5.41) is 13.1. The van der Waals surface area contributed by atoms with Crippen LogP contribution in [0.5, 0.6) is 0 Å². The van der Waals surface area contributed by atoms with Crippen molar-refractivity contribution in [2.75, 3.05) is 13.1 Å². The van der Waals surface area contributed by atoms with Crippen molar-refractivity contribution >= 4 is 11.9 Å². The maximum atomic E-state index is 12.2. The van der Waals surface area contributed by atoms with Gasteiger partial charge in [0.1, 0.15) is 0 Å². The maximum absolute atomic E-state index is 12.2. The first-order valence-electron chi connectivity index (χ1n) is 6.87. The number of carboxylic acids is 1. The molecule has 0 radical (unpaired) electrons. The highest BCUT2D eigenvalue weighted by Gasteiger charge is 2.18. The highest BCUT2D eigenvalue weighted by atomic mass is 16.4. The minimum atomic E-state index is -0.886. The zero-order valence-corrected chi connectivity index (χ0v) is 12.6. The van der Waals surface area contributed by atoms with Crippen LogP contribution in [0.15, 0.2) is 6.07 Å². The lowest BCUT2D eigenvalue weighted by Gasteiger charge is -2.22. The van der Waals surface area contributed by atoms with Crippen LogP contribution in [-0.4, -0.2) is 44.8 Å². The molecule has 6 nitrogen and oxygen atoms in total. The fraction of sp³-hybridized carbons (Fsp3) is 0.643. The molecule has 0 aliphatic rings. The summed E-state index contributed by atoms with van der Waals surface area (Å²) in [5.41, 5.74) is 1.96. The molecule has 1 aromatic heterocycles. The highest BCUT2D eigenvalue weighted by molar-refractivity contribution is 5.77. The minimum Gasteiger partial charge on any atom is -0.481 e. The number of aliphatic carboxylic acids is 1. The van der Waals surface area contributed by atoms with Crippen LogP contribution in [0.2, 0.25) is 0 Å². The largest absolute Gasteiger partial charge is 0.481 e. The lowest BCUT2D eigenvalue weighted by atomic mass is 10.2. The molecule has 0 aromatic carbocycles. The van der Waals surface area contributed by atoms with Gasteiger partial charge in [-0.25, -0.2) is 0 Å². The van der Waals surface area contributed by atoms with E-state index < -0.39 is 5.97 Å². The molecule has 112 valence electrons. The Balaban J connectivity index is 2.63. The number of aryl methyl sites for hydroxylation is 2. The molecule has 0 bridgehead atoms. The lowest BCUT2D eigenvalue weighted by Crippen LogP contribution is -2.34. The molecule has 1 heterocycles. The van der Waals surface area contributed by atoms with Crippen LogP contribution >= 0.6 is 0 Å². The SMILES string of the molecule is CCN(CCC(=O)O)C(=O)CC(C)n1nc(C)cc1C. The standard InChI is InChI=1S/C14H23N3O3/c1-5-16(7-6-14(19)20)13(18)9-12(4)17-11(3)8-10(2)15-17/h8,12H,5-7,9H2,1-4H3,(H,19,20). The molecule has 1 unspecified atom stereocenters. The monoisotopic (exact) mass is 281 g/mol. The Bertz CT molecular complexity index is 482. The van der Waals surface area contributed by atoms with Gasteiger partial charge in [0.2, 0.25) is 5.91 Å². The van der Waals surface area contributed by atoms with Crippen LogP contribution in [0.1, 0.15) is 44.1 Å². The van der Waals surface area contributed by atoms with E-state index in [1.54, 1.807) is 4.90 Å². The van der Waals surface area contributed by atoms with Gasteiger partial charge in [-0.05, 0) is 33.8 Å². The summed E-state index contributed by atoms with van der Waals surface area (Å²) in [7, 11) is 0. The molecule has 1 rings (SSSR count). The fourth-order valence-electron chi connectivity index (χ4n) is 2.25. The molecule has 0 saturated heterocycles. The molecule has 6 heteroatoms. The number of amides is 1. The Labute approximate surface area is 119 Å². The van der Waals surface area contributed by atoms with Gasteiger partial charge in [-0.1, -0.05) is 0 Å². The number of carbonyl (C=O) groups excluding carboxylic acids is 1. The Morgan fingerprint density at radius 1 is 1.45 bits per heavy atom. The molecular weight excluding hydrogens is 258 g/mol. The van der Waals surface area contributed by atoms with E-state index in [-0.39, 0.29) is 24.9 Å². The summed E-state index contributed by atoms with van der Waals surface area (Å²) in [6.45, 7) is 8.47. The number of aromatic nitrogens is 2. The minimum absolute atomic E-state index is 0.0200. The van der Waals surface area contributed by atoms with Crippen LogP contribution in [0, 0.1) is 13.8 Å². The van der Waals surface area contributed by atoms with Crippen molar-refractivity contribution in [1.82, 2.24) is 14.7 Å². The van der Waals surface area contributed by atoms with Gasteiger partial charge in [0.15, 0.2) is 0 Å². The molecule has 0 aliphatic heterocycles. The summed E-state index contributed by atoms with van der Waals surface area (Å²) >= 11 is 0. The molecule has 0 saturated carbocycles. The second-order valence-corrected chi connectivity index (χ2v) is 5.04. The van der Waals surface area contributed by atoms with E-state index in [4.69, 9.17) is 5.11 Å². The van der Waals surface area contributed by atoms with Crippen molar-refractivity contribution < 1.29 is 14.7 Å². The normalized spacial score (nSPS) is 12.2. The van der Waals surface area contributed by atoms with Crippen molar-refractivity contribution in [2.45, 2.75) is 46.6 Å². The number of carboxylic acid groups (broad SMARTS) is 1. The second kappa shape index (κ2) is 7.07. The summed E-state index contributed by atoms with van der Waals surface area (Å²) in [4.78, 5) is 24.3. The summed E-state index contributed by atoms with van der Waals surface area (Å²) < 4.78 is 1.85. The summed E-state index contributed by atoms with van der Waals surface area (Å²) in [6.07, 6.45) is 0.309. The molecule has 0 aliphatic carbocycles. The van der Waals surface area contributed by atoms with Crippen LogP contribution in [0.4, 0.5) is 0 Å². The van der Waals surface area contributed by atoms with Gasteiger partial charge in [0.05, 0.1) is 18.2 Å². The Kier molecular flexibility index (Phi) is 5.73. The predicted molar refractivity (Wildman–Crippen MR) is 75.5 cm³/mol. The molecule has 0 spiro atoms. The first-order chi connectivity index (χ1) is 9.35. The maximum Gasteiger partial charge on any atom is 0.305 e. The van der Waals surface area contributed by atoms with Crippen LogP contribution in [-0.2, 0) is 9.59 Å². The summed E-state index contributed by atoms with van der Waals surface area (Å²) in [5.74, 6) is -0.920. The van der Waals surface area contributed by atoms with Gasteiger partial charge in [0, 0.05) is 25.2 Å². The Morgan fingerprint density at radius 2 is 2.10 bits per heavy atom. The van der Waals surface area contributed by atoms with Crippen LogP contribution in [0.3, 0.4) is 0 Å². The zero-order chi connectivity index (χ0) is 15.3. The Hall–Kier alpha value is -1.85. The smallest absolute Gasteiger partial charge is 0.305 e. The third kappa shape index (κ3) is 4.36. The molecule has 20 heavy (non-hydrogen) atoms. The van der Waals surface area contributed by atoms with Gasteiger partial charge >= 0.3 is 5.97 Å². The number of nitrogens with zero attached hydrogens (tertiary/aromatic N) is 3. The zero-order valence-electron chi connectivity index (χ0n) is 12.6. The molecule has 1 N–H and O–H groups in total. The first kappa shape index (κ1) is 16.2. The fourth-order valence-corrected chi connectivity index (χ4v) is 2.25. The topological polar surface area (TPSA) is 75.4 Å². The lowest BCUT2D eigenvalue weighted by molar-refractivity contribution is -0.138. The van der Waals surface area contributed by atoms with Gasteiger partial charge in [-0.2, -0.15) is 5.10 Å². The molecular formula is C14H23N3O3. The first-order valence-corrected chi connectivity index (χ1v) is 6.87. The average Bonchev–Trinajstić information content (AvgIpc) is 2.68. The molecule has 1 aromatic rings. The van der Waals surface area contributed by atoms with Crippen molar-refractivity contribution in [3.05, 3.63) is 17.5 Å². The van der Waals surface area contributed by atoms with E-state index in [1.807, 2.05) is 38.4 Å². The van der Waals surface area contributed by atoms with Crippen molar-refractivity contribution in [3.8, 4) is 0 Å². The van der Waals surface area contributed by atoms with Gasteiger partial charge < -0.3 is 10.0 Å². The van der Waals surface area contributed by atoms with E-state index in [1.165, 1.54) is 0 Å². The molecule has 0 fully saturated rings. The van der Waals surface area contributed by atoms with Crippen molar-refractivity contribution in [1.29, 1.82) is 0 Å². The van der Waals surface area contributed by atoms with Crippen molar-refractivity contribution in [3.63, 3.8) is 0 Å². The number of hydrogen-bond acceptors (Lipinski definition) is 3. The quantitative estimate of drug-likeness (QED) is 0.826.